The largest absolute Gasteiger partial charge is 0.268 e. The summed E-state index contributed by atoms with van der Waals surface area (Å²) in [6.45, 7) is 0. The van der Waals surface area contributed by atoms with Crippen molar-refractivity contribution in [3.63, 3.8) is 0 Å². The van der Waals surface area contributed by atoms with Gasteiger partial charge in [0.1, 0.15) is 5.82 Å². The van der Waals surface area contributed by atoms with Gasteiger partial charge in [-0.3, -0.25) is 9.36 Å². The third-order valence-electron chi connectivity index (χ3n) is 4.11. The van der Waals surface area contributed by atoms with Crippen LogP contribution < -0.4 is 5.56 Å². The van der Waals surface area contributed by atoms with Crippen LogP contribution in [0.25, 0.3) is 28.7 Å². The fourth-order valence-corrected chi connectivity index (χ4v) is 2.96. The predicted octanol–water partition coefficient (Wildman–Crippen LogP) is 5.21. The van der Waals surface area contributed by atoms with Crippen molar-refractivity contribution in [2.75, 3.05) is 0 Å². The van der Waals surface area contributed by atoms with E-state index in [1.54, 1.807) is 10.6 Å². The lowest BCUT2D eigenvalue weighted by atomic mass is 10.2. The Morgan fingerprint density at radius 2 is 1.50 bits per heavy atom. The number of benzene rings is 3. The van der Waals surface area contributed by atoms with Gasteiger partial charge in [-0.05, 0) is 48.0 Å². The van der Waals surface area contributed by atoms with Crippen LogP contribution in [-0.2, 0) is 0 Å². The van der Waals surface area contributed by atoms with Crippen LogP contribution in [0.4, 0.5) is 0 Å². The van der Waals surface area contributed by atoms with E-state index >= 15 is 0 Å². The highest BCUT2D eigenvalue weighted by Gasteiger charge is 2.10. The van der Waals surface area contributed by atoms with Gasteiger partial charge >= 0.3 is 0 Å². The first kappa shape index (κ1) is 16.3. The summed E-state index contributed by atoms with van der Waals surface area (Å²) in [6, 6.07) is 24.4. The van der Waals surface area contributed by atoms with E-state index in [1.807, 2.05) is 84.9 Å². The van der Waals surface area contributed by atoms with Crippen LogP contribution in [0.1, 0.15) is 11.4 Å². The lowest BCUT2D eigenvalue weighted by molar-refractivity contribution is 0.944. The van der Waals surface area contributed by atoms with E-state index in [2.05, 4.69) is 0 Å². The van der Waals surface area contributed by atoms with Gasteiger partial charge in [-0.2, -0.15) is 0 Å². The van der Waals surface area contributed by atoms with E-state index in [0.29, 0.717) is 21.7 Å². The molecule has 0 atom stereocenters. The quantitative estimate of drug-likeness (QED) is 0.504. The molecular formula is C22H15ClN2O. The second-order valence-electron chi connectivity index (χ2n) is 5.85. The second kappa shape index (κ2) is 6.98. The molecule has 0 saturated carbocycles. The molecule has 0 radical (unpaired) electrons. The number of hydrogen-bond donors (Lipinski definition) is 0. The number of nitrogens with zero attached hydrogens (tertiary/aromatic N) is 2. The molecule has 3 nitrogen and oxygen atoms in total. The number of aromatic nitrogens is 2. The summed E-state index contributed by atoms with van der Waals surface area (Å²) in [5.74, 6) is 0.579. The summed E-state index contributed by atoms with van der Waals surface area (Å²) in [7, 11) is 0. The van der Waals surface area contributed by atoms with Gasteiger partial charge in [0.25, 0.3) is 5.56 Å². The molecule has 26 heavy (non-hydrogen) atoms. The highest BCUT2D eigenvalue weighted by molar-refractivity contribution is 6.30. The van der Waals surface area contributed by atoms with E-state index in [4.69, 9.17) is 16.6 Å². The maximum atomic E-state index is 13.1. The van der Waals surface area contributed by atoms with Gasteiger partial charge in [0.05, 0.1) is 16.6 Å². The van der Waals surface area contributed by atoms with Gasteiger partial charge in [-0.1, -0.05) is 60.1 Å². The molecule has 4 heteroatoms. The lowest BCUT2D eigenvalue weighted by Crippen LogP contribution is -2.22. The zero-order chi connectivity index (χ0) is 17.9. The van der Waals surface area contributed by atoms with Gasteiger partial charge in [-0.15, -0.1) is 0 Å². The van der Waals surface area contributed by atoms with Gasteiger partial charge in [0.15, 0.2) is 0 Å². The van der Waals surface area contributed by atoms with Gasteiger partial charge in [0.2, 0.25) is 0 Å². The van der Waals surface area contributed by atoms with E-state index in [9.17, 15) is 4.79 Å². The molecule has 1 aromatic heterocycles. The lowest BCUT2D eigenvalue weighted by Gasteiger charge is -2.11. The number of rotatable bonds is 3. The Hall–Kier alpha value is -3.17. The van der Waals surface area contributed by atoms with Gasteiger partial charge in [-0.25, -0.2) is 4.98 Å². The van der Waals surface area contributed by atoms with Crippen molar-refractivity contribution >= 4 is 34.7 Å². The molecule has 0 bridgehead atoms. The van der Waals surface area contributed by atoms with Crippen molar-refractivity contribution in [1.29, 1.82) is 0 Å². The smallest absolute Gasteiger partial charge is 0.266 e. The molecule has 4 rings (SSSR count). The first-order valence-electron chi connectivity index (χ1n) is 8.23. The fourth-order valence-electron chi connectivity index (χ4n) is 2.83. The highest BCUT2D eigenvalue weighted by atomic mass is 35.5. The Balaban J connectivity index is 1.92. The van der Waals surface area contributed by atoms with Crippen LogP contribution >= 0.6 is 11.6 Å². The minimum absolute atomic E-state index is 0.0856. The molecule has 0 unspecified atom stereocenters. The van der Waals surface area contributed by atoms with E-state index < -0.39 is 0 Å². The van der Waals surface area contributed by atoms with Crippen molar-refractivity contribution in [3.8, 4) is 5.69 Å². The molecule has 0 saturated heterocycles. The SMILES string of the molecule is O=c1c2ccccc2nc(/C=C\c2ccc(Cl)cc2)n1-c1ccccc1. The summed E-state index contributed by atoms with van der Waals surface area (Å²) in [5.41, 5.74) is 2.36. The second-order valence-corrected chi connectivity index (χ2v) is 6.28. The standard InChI is InChI=1S/C22H15ClN2O/c23-17-13-10-16(11-14-17)12-15-21-24-20-9-5-4-8-19(20)22(26)25(21)18-6-2-1-3-7-18/h1-15H/b15-12-. The van der Waals surface area contributed by atoms with Crippen LogP contribution in [0.3, 0.4) is 0 Å². The summed E-state index contributed by atoms with van der Waals surface area (Å²) < 4.78 is 1.63. The van der Waals surface area contributed by atoms with Crippen LogP contribution in [0, 0.1) is 0 Å². The third-order valence-corrected chi connectivity index (χ3v) is 4.36. The number of para-hydroxylation sites is 2. The zero-order valence-electron chi connectivity index (χ0n) is 13.8. The predicted molar refractivity (Wildman–Crippen MR) is 108 cm³/mol. The molecule has 0 aliphatic rings. The van der Waals surface area contributed by atoms with Gasteiger partial charge < -0.3 is 0 Å². The Morgan fingerprint density at radius 3 is 2.27 bits per heavy atom. The van der Waals surface area contributed by atoms with E-state index in [0.717, 1.165) is 11.3 Å². The Labute approximate surface area is 155 Å². The van der Waals surface area contributed by atoms with Crippen LogP contribution in [0.5, 0.6) is 0 Å². The molecule has 0 aliphatic heterocycles. The van der Waals surface area contributed by atoms with Crippen molar-refractivity contribution in [2.24, 2.45) is 0 Å². The monoisotopic (exact) mass is 358 g/mol. The minimum atomic E-state index is -0.0856. The maximum Gasteiger partial charge on any atom is 0.266 e. The third kappa shape index (κ3) is 3.17. The topological polar surface area (TPSA) is 34.9 Å². The summed E-state index contributed by atoms with van der Waals surface area (Å²) >= 11 is 5.94. The number of hydrogen-bond acceptors (Lipinski definition) is 2. The van der Waals surface area contributed by atoms with Crippen molar-refractivity contribution in [1.82, 2.24) is 9.55 Å². The first-order chi connectivity index (χ1) is 12.7. The van der Waals surface area contributed by atoms with Gasteiger partial charge in [0, 0.05) is 5.02 Å². The molecule has 0 N–H and O–H groups in total. The maximum absolute atomic E-state index is 13.1. The normalized spacial score (nSPS) is 11.3. The molecule has 3 aromatic carbocycles. The molecule has 0 spiro atoms. The first-order valence-corrected chi connectivity index (χ1v) is 8.61. The Bertz CT molecular complexity index is 1150. The number of halogens is 1. The molecule has 0 amide bonds. The number of fused-ring (bicyclic) bond motifs is 1. The van der Waals surface area contributed by atoms with E-state index in [-0.39, 0.29) is 5.56 Å². The Morgan fingerprint density at radius 1 is 0.808 bits per heavy atom. The van der Waals surface area contributed by atoms with Crippen molar-refractivity contribution in [3.05, 3.63) is 106 Å². The zero-order valence-corrected chi connectivity index (χ0v) is 14.6. The molecule has 4 aromatic rings. The molecular weight excluding hydrogens is 344 g/mol. The Kier molecular flexibility index (Phi) is 4.38. The molecule has 126 valence electrons. The van der Waals surface area contributed by atoms with E-state index in [1.165, 1.54) is 0 Å². The average Bonchev–Trinajstić information content (AvgIpc) is 2.68. The highest BCUT2D eigenvalue weighted by Crippen LogP contribution is 2.16. The van der Waals surface area contributed by atoms with Crippen LogP contribution in [0.15, 0.2) is 83.7 Å². The van der Waals surface area contributed by atoms with Crippen LogP contribution in [-0.4, -0.2) is 9.55 Å². The molecule has 0 aliphatic carbocycles. The summed E-state index contributed by atoms with van der Waals surface area (Å²) in [4.78, 5) is 17.8. The average molecular weight is 359 g/mol. The van der Waals surface area contributed by atoms with Crippen molar-refractivity contribution in [2.45, 2.75) is 0 Å². The van der Waals surface area contributed by atoms with Crippen molar-refractivity contribution < 1.29 is 0 Å². The fraction of sp³-hybridized carbons (Fsp3) is 0. The molecule has 1 heterocycles. The summed E-state index contributed by atoms with van der Waals surface area (Å²) in [6.07, 6.45) is 3.77. The summed E-state index contributed by atoms with van der Waals surface area (Å²) in [5, 5.41) is 1.28. The molecule has 0 fully saturated rings. The minimum Gasteiger partial charge on any atom is -0.268 e. The van der Waals surface area contributed by atoms with Crippen LogP contribution in [0.2, 0.25) is 5.02 Å².